The van der Waals surface area contributed by atoms with Crippen molar-refractivity contribution in [2.75, 3.05) is 13.3 Å². The van der Waals surface area contributed by atoms with Gasteiger partial charge in [-0.3, -0.25) is 15.2 Å². The van der Waals surface area contributed by atoms with Crippen LogP contribution in [0.2, 0.25) is 0 Å². The standard InChI is InChI=1S/C25H24FN7O2.C2H4O2/c1-2-16-12-19(15-20(13-16)35-11-8-26)21(14-17-4-6-18(7-5-17)22(27)28)23-31-25(34)33(32-23)24-29-9-3-10-30-24;1-2(3)4/h2-7,9-10,12-13,15,21H,1,8,11,14H2,(H3,27,28)(H,31,32,34);1H3,(H,3,4). The molecule has 4 rings (SSSR count). The number of amidine groups is 1. The Hall–Kier alpha value is -5.13. The van der Waals surface area contributed by atoms with E-state index in [4.69, 9.17) is 25.8 Å². The van der Waals surface area contributed by atoms with Crippen LogP contribution in [-0.2, 0) is 11.2 Å². The number of benzene rings is 2. The minimum Gasteiger partial charge on any atom is -0.491 e. The lowest BCUT2D eigenvalue weighted by atomic mass is 9.89. The Labute approximate surface area is 223 Å². The normalized spacial score (nSPS) is 11.1. The molecule has 1 unspecified atom stereocenters. The zero-order valence-electron chi connectivity index (χ0n) is 21.2. The largest absolute Gasteiger partial charge is 0.491 e. The highest BCUT2D eigenvalue weighted by Gasteiger charge is 2.22. The van der Waals surface area contributed by atoms with E-state index in [-0.39, 0.29) is 18.4 Å². The van der Waals surface area contributed by atoms with Crippen molar-refractivity contribution in [1.29, 1.82) is 5.41 Å². The number of nitrogens with zero attached hydrogens (tertiary/aromatic N) is 4. The third-order valence-electron chi connectivity index (χ3n) is 5.35. The van der Waals surface area contributed by atoms with Gasteiger partial charge in [-0.05, 0) is 41.3 Å². The van der Waals surface area contributed by atoms with Crippen LogP contribution in [0.1, 0.15) is 40.9 Å². The van der Waals surface area contributed by atoms with E-state index < -0.39 is 24.3 Å². The van der Waals surface area contributed by atoms with Gasteiger partial charge in [0.15, 0.2) is 0 Å². The molecule has 0 amide bonds. The molecule has 0 aliphatic carbocycles. The average molecular weight is 534 g/mol. The van der Waals surface area contributed by atoms with Gasteiger partial charge in [0.1, 0.15) is 30.7 Å². The summed E-state index contributed by atoms with van der Waals surface area (Å²) in [6.07, 6.45) is 5.19. The van der Waals surface area contributed by atoms with Crippen LogP contribution in [-0.4, -0.2) is 54.9 Å². The first-order valence-electron chi connectivity index (χ1n) is 11.8. The molecule has 0 spiro atoms. The molecule has 202 valence electrons. The third-order valence-corrected chi connectivity index (χ3v) is 5.35. The topological polar surface area (TPSA) is 173 Å². The number of nitrogen functional groups attached to an aromatic ring is 1. The lowest BCUT2D eigenvalue weighted by molar-refractivity contribution is -0.134. The first-order valence-corrected chi connectivity index (χ1v) is 11.8. The number of carboxylic acid groups (broad SMARTS) is 1. The molecule has 0 bridgehead atoms. The van der Waals surface area contributed by atoms with E-state index in [9.17, 15) is 9.18 Å². The molecule has 4 aromatic rings. The van der Waals surface area contributed by atoms with E-state index in [1.807, 2.05) is 18.2 Å². The van der Waals surface area contributed by atoms with Gasteiger partial charge in [0.2, 0.25) is 0 Å². The van der Waals surface area contributed by atoms with E-state index in [1.54, 1.807) is 36.4 Å². The highest BCUT2D eigenvalue weighted by Crippen LogP contribution is 2.30. The predicted octanol–water partition coefficient (Wildman–Crippen LogP) is 3.09. The average Bonchev–Trinajstić information content (AvgIpc) is 3.31. The van der Waals surface area contributed by atoms with Crippen molar-refractivity contribution in [3.05, 3.63) is 106 Å². The molecule has 2 aromatic heterocycles. The quantitative estimate of drug-likeness (QED) is 0.178. The lowest BCUT2D eigenvalue weighted by Crippen LogP contribution is -2.18. The van der Waals surface area contributed by atoms with E-state index in [1.165, 1.54) is 12.4 Å². The molecule has 0 aliphatic heterocycles. The van der Waals surface area contributed by atoms with Crippen LogP contribution < -0.4 is 16.2 Å². The maximum atomic E-state index is 12.7. The van der Waals surface area contributed by atoms with Crippen molar-refractivity contribution < 1.29 is 19.0 Å². The number of aromatic amines is 1. The second kappa shape index (κ2) is 13.4. The summed E-state index contributed by atoms with van der Waals surface area (Å²) in [6.45, 7) is 4.23. The van der Waals surface area contributed by atoms with Gasteiger partial charge in [0, 0.05) is 30.8 Å². The summed E-state index contributed by atoms with van der Waals surface area (Å²) in [5, 5.41) is 19.5. The van der Waals surface area contributed by atoms with E-state index in [0.717, 1.165) is 28.3 Å². The number of hydrogen-bond acceptors (Lipinski definition) is 7. The number of aliphatic carboxylic acids is 1. The van der Waals surface area contributed by atoms with Crippen LogP contribution in [0.4, 0.5) is 4.39 Å². The number of nitrogens with two attached hydrogens (primary N) is 1. The molecule has 12 heteroatoms. The van der Waals surface area contributed by atoms with Gasteiger partial charge < -0.3 is 15.6 Å². The van der Waals surface area contributed by atoms with Crippen molar-refractivity contribution in [1.82, 2.24) is 24.7 Å². The Morgan fingerprint density at radius 1 is 1.26 bits per heavy atom. The summed E-state index contributed by atoms with van der Waals surface area (Å²) in [5.41, 5.74) is 8.22. The van der Waals surface area contributed by atoms with Gasteiger partial charge in [0.05, 0.1) is 0 Å². The van der Waals surface area contributed by atoms with E-state index in [2.05, 4.69) is 26.6 Å². The second-order valence-corrected chi connectivity index (χ2v) is 8.24. The minimum absolute atomic E-state index is 0.0210. The summed E-state index contributed by atoms with van der Waals surface area (Å²) >= 11 is 0. The van der Waals surface area contributed by atoms with Crippen LogP contribution >= 0.6 is 0 Å². The Kier molecular flexibility index (Phi) is 9.79. The minimum atomic E-state index is -0.833. The maximum Gasteiger partial charge on any atom is 0.350 e. The van der Waals surface area contributed by atoms with Crippen molar-refractivity contribution in [2.45, 2.75) is 19.3 Å². The highest BCUT2D eigenvalue weighted by molar-refractivity contribution is 5.94. The molecule has 2 aromatic carbocycles. The van der Waals surface area contributed by atoms with Crippen LogP contribution in [0.5, 0.6) is 5.75 Å². The molecule has 0 fully saturated rings. The lowest BCUT2D eigenvalue weighted by Gasteiger charge is -2.17. The number of carbonyl (C=O) groups is 1. The van der Waals surface area contributed by atoms with Gasteiger partial charge in [-0.15, -0.1) is 9.78 Å². The summed E-state index contributed by atoms with van der Waals surface area (Å²) in [4.78, 5) is 32.8. The van der Waals surface area contributed by atoms with Crippen molar-refractivity contribution in [2.24, 2.45) is 5.73 Å². The monoisotopic (exact) mass is 533 g/mol. The molecule has 2 heterocycles. The second-order valence-electron chi connectivity index (χ2n) is 8.24. The molecule has 0 saturated heterocycles. The van der Waals surface area contributed by atoms with Gasteiger partial charge in [0.25, 0.3) is 11.9 Å². The molecule has 5 N–H and O–H groups in total. The van der Waals surface area contributed by atoms with E-state index in [0.29, 0.717) is 23.6 Å². The molecule has 11 nitrogen and oxygen atoms in total. The van der Waals surface area contributed by atoms with Gasteiger partial charge in [-0.1, -0.05) is 43.0 Å². The fourth-order valence-corrected chi connectivity index (χ4v) is 3.67. The number of ether oxygens (including phenoxy) is 1. The van der Waals surface area contributed by atoms with Crippen LogP contribution in [0.15, 0.2) is 72.3 Å². The van der Waals surface area contributed by atoms with Crippen molar-refractivity contribution in [3.63, 3.8) is 0 Å². The summed E-state index contributed by atoms with van der Waals surface area (Å²) in [5.74, 6) is -0.219. The fourth-order valence-electron chi connectivity index (χ4n) is 3.67. The van der Waals surface area contributed by atoms with Crippen LogP contribution in [0.3, 0.4) is 0 Å². The number of rotatable bonds is 10. The van der Waals surface area contributed by atoms with Crippen LogP contribution in [0.25, 0.3) is 12.0 Å². The number of nitrogens with one attached hydrogen (secondary N) is 2. The van der Waals surface area contributed by atoms with Gasteiger partial charge in [-0.2, -0.15) is 0 Å². The molecule has 0 saturated carbocycles. The highest BCUT2D eigenvalue weighted by atomic mass is 19.1. The first kappa shape index (κ1) is 28.4. The predicted molar refractivity (Wildman–Crippen MR) is 144 cm³/mol. The van der Waals surface area contributed by atoms with Gasteiger partial charge >= 0.3 is 5.69 Å². The zero-order valence-corrected chi connectivity index (χ0v) is 21.2. The van der Waals surface area contributed by atoms with Crippen molar-refractivity contribution >= 4 is 17.9 Å². The number of H-pyrrole nitrogens is 1. The number of alkyl halides is 1. The van der Waals surface area contributed by atoms with Crippen LogP contribution in [0, 0.1) is 5.41 Å². The maximum absolute atomic E-state index is 12.7. The molecule has 0 radical (unpaired) electrons. The molecule has 1 atom stereocenters. The number of halogens is 1. The molecule has 0 aliphatic rings. The fraction of sp³-hybridized carbons (Fsp3) is 0.185. The SMILES string of the molecule is C=Cc1cc(OCCF)cc(C(Cc2ccc(C(=N)N)cc2)c2nn(-c3ncccn3)c(=O)[nH]2)c1.CC(=O)O. The third kappa shape index (κ3) is 7.92. The number of carboxylic acids is 1. The smallest absolute Gasteiger partial charge is 0.350 e. The summed E-state index contributed by atoms with van der Waals surface area (Å²) in [6, 6.07) is 14.4. The zero-order chi connectivity index (χ0) is 28.4. The number of aromatic nitrogens is 5. The summed E-state index contributed by atoms with van der Waals surface area (Å²) < 4.78 is 19.4. The Morgan fingerprint density at radius 2 is 1.92 bits per heavy atom. The molecular weight excluding hydrogens is 505 g/mol. The molecule has 39 heavy (non-hydrogen) atoms. The van der Waals surface area contributed by atoms with Crippen molar-refractivity contribution in [3.8, 4) is 11.7 Å². The molecular formula is C27H28FN7O4. The van der Waals surface area contributed by atoms with Gasteiger partial charge in [-0.25, -0.2) is 19.2 Å². The first-order chi connectivity index (χ1) is 18.7. The van der Waals surface area contributed by atoms with E-state index >= 15 is 0 Å². The number of hydrogen-bond donors (Lipinski definition) is 4. The Bertz CT molecular complexity index is 1480. The Morgan fingerprint density at radius 3 is 2.51 bits per heavy atom. The Balaban J connectivity index is 0.000000983. The summed E-state index contributed by atoms with van der Waals surface area (Å²) in [7, 11) is 0.